The summed E-state index contributed by atoms with van der Waals surface area (Å²) in [7, 11) is 0. The van der Waals surface area contributed by atoms with Crippen molar-refractivity contribution in [3.8, 4) is 0 Å². The zero-order valence-electron chi connectivity index (χ0n) is 10.5. The maximum atomic E-state index is 4.38. The van der Waals surface area contributed by atoms with E-state index in [0.717, 1.165) is 45.0 Å². The number of rotatable bonds is 4. The smallest absolute Gasteiger partial charge is 0.147 e. The van der Waals surface area contributed by atoms with E-state index < -0.39 is 0 Å². The van der Waals surface area contributed by atoms with Crippen LogP contribution in [0.3, 0.4) is 0 Å². The Kier molecular flexibility index (Phi) is 3.11. The fraction of sp³-hybridized carbons (Fsp3) is 0.833. The summed E-state index contributed by atoms with van der Waals surface area (Å²) in [5, 5.41) is 12.0. The van der Waals surface area contributed by atoms with Crippen LogP contribution in [-0.2, 0) is 19.5 Å². The molecule has 0 unspecified atom stereocenters. The van der Waals surface area contributed by atoms with Crippen molar-refractivity contribution in [2.24, 2.45) is 0 Å². The van der Waals surface area contributed by atoms with Crippen LogP contribution in [-0.4, -0.2) is 45.3 Å². The first-order valence-electron chi connectivity index (χ1n) is 6.74. The van der Waals surface area contributed by atoms with Gasteiger partial charge in [0.05, 0.1) is 6.54 Å². The molecule has 0 spiro atoms. The average molecular weight is 235 g/mol. The lowest BCUT2D eigenvalue weighted by atomic mass is 10.1. The van der Waals surface area contributed by atoms with Gasteiger partial charge < -0.3 is 9.88 Å². The Morgan fingerprint density at radius 2 is 2.24 bits per heavy atom. The minimum atomic E-state index is 0.691. The number of likely N-dealkylation sites (N-methyl/N-ethyl adjacent to an activating group) is 1. The fourth-order valence-electron chi connectivity index (χ4n) is 2.70. The van der Waals surface area contributed by atoms with Gasteiger partial charge in [-0.15, -0.1) is 10.2 Å². The lowest BCUT2D eigenvalue weighted by Gasteiger charge is -2.37. The molecule has 3 heterocycles. The van der Waals surface area contributed by atoms with Crippen molar-refractivity contribution in [3.63, 3.8) is 0 Å². The molecule has 94 valence electrons. The Balaban J connectivity index is 1.72. The molecule has 0 saturated carbocycles. The van der Waals surface area contributed by atoms with Crippen molar-refractivity contribution in [1.29, 1.82) is 0 Å². The van der Waals surface area contributed by atoms with Gasteiger partial charge in [0.1, 0.15) is 11.6 Å². The minimum absolute atomic E-state index is 0.691. The van der Waals surface area contributed by atoms with Crippen LogP contribution in [0.15, 0.2) is 0 Å². The molecule has 2 aliphatic rings. The summed E-state index contributed by atoms with van der Waals surface area (Å²) in [6, 6.07) is 0.691. The van der Waals surface area contributed by atoms with Gasteiger partial charge in [0.15, 0.2) is 0 Å². The molecule has 17 heavy (non-hydrogen) atoms. The number of fused-ring (bicyclic) bond motifs is 1. The van der Waals surface area contributed by atoms with E-state index in [4.69, 9.17) is 0 Å². The van der Waals surface area contributed by atoms with E-state index in [1.54, 1.807) is 0 Å². The highest BCUT2D eigenvalue weighted by Crippen LogP contribution is 2.16. The second-order valence-electron chi connectivity index (χ2n) is 5.02. The summed E-state index contributed by atoms with van der Waals surface area (Å²) < 4.78 is 2.33. The lowest BCUT2D eigenvalue weighted by Crippen LogP contribution is -2.56. The molecule has 1 fully saturated rings. The van der Waals surface area contributed by atoms with Crippen LogP contribution < -0.4 is 5.32 Å². The number of hydrogen-bond donors (Lipinski definition) is 1. The van der Waals surface area contributed by atoms with Crippen molar-refractivity contribution >= 4 is 0 Å². The number of aromatic nitrogens is 3. The van der Waals surface area contributed by atoms with Crippen molar-refractivity contribution in [1.82, 2.24) is 25.0 Å². The van der Waals surface area contributed by atoms with Crippen LogP contribution in [0, 0.1) is 0 Å². The lowest BCUT2D eigenvalue weighted by molar-refractivity contribution is 0.139. The Morgan fingerprint density at radius 3 is 2.94 bits per heavy atom. The van der Waals surface area contributed by atoms with Crippen molar-refractivity contribution in [2.45, 2.75) is 45.3 Å². The van der Waals surface area contributed by atoms with E-state index in [-0.39, 0.29) is 0 Å². The Hall–Kier alpha value is -0.940. The third-order valence-electron chi connectivity index (χ3n) is 3.96. The van der Waals surface area contributed by atoms with Gasteiger partial charge in [-0.05, 0) is 19.4 Å². The molecule has 0 atom stereocenters. The van der Waals surface area contributed by atoms with Crippen molar-refractivity contribution in [3.05, 3.63) is 11.6 Å². The van der Waals surface area contributed by atoms with Crippen molar-refractivity contribution < 1.29 is 0 Å². The quantitative estimate of drug-likeness (QED) is 0.821. The van der Waals surface area contributed by atoms with Crippen LogP contribution in [0.5, 0.6) is 0 Å². The predicted molar refractivity (Wildman–Crippen MR) is 65.7 cm³/mol. The molecule has 0 radical (unpaired) electrons. The topological polar surface area (TPSA) is 46.0 Å². The second-order valence-corrected chi connectivity index (χ2v) is 5.02. The van der Waals surface area contributed by atoms with Crippen LogP contribution in [0.1, 0.15) is 31.4 Å². The van der Waals surface area contributed by atoms with E-state index in [2.05, 4.69) is 31.9 Å². The summed E-state index contributed by atoms with van der Waals surface area (Å²) in [5.74, 6) is 2.35. The first-order chi connectivity index (χ1) is 8.38. The Bertz CT molecular complexity index is 382. The van der Waals surface area contributed by atoms with E-state index in [9.17, 15) is 0 Å². The highest BCUT2D eigenvalue weighted by atomic mass is 15.3. The second kappa shape index (κ2) is 4.74. The molecule has 5 heteroatoms. The average Bonchev–Trinajstić information content (AvgIpc) is 2.69. The largest absolute Gasteiger partial charge is 0.314 e. The highest BCUT2D eigenvalue weighted by molar-refractivity contribution is 5.00. The van der Waals surface area contributed by atoms with Gasteiger partial charge in [-0.25, -0.2) is 0 Å². The number of aryl methyl sites for hydroxylation is 1. The highest BCUT2D eigenvalue weighted by Gasteiger charge is 2.25. The fourth-order valence-corrected chi connectivity index (χ4v) is 2.70. The maximum absolute atomic E-state index is 4.38. The van der Waals surface area contributed by atoms with Gasteiger partial charge in [0, 0.05) is 32.1 Å². The third kappa shape index (κ3) is 2.09. The van der Waals surface area contributed by atoms with E-state index >= 15 is 0 Å². The van der Waals surface area contributed by atoms with Gasteiger partial charge in [-0.2, -0.15) is 0 Å². The molecule has 0 amide bonds. The molecule has 0 bridgehead atoms. The van der Waals surface area contributed by atoms with Crippen LogP contribution >= 0.6 is 0 Å². The minimum Gasteiger partial charge on any atom is -0.314 e. The van der Waals surface area contributed by atoms with E-state index in [1.165, 1.54) is 18.7 Å². The molecule has 0 aromatic carbocycles. The molecule has 5 nitrogen and oxygen atoms in total. The Morgan fingerprint density at radius 1 is 1.35 bits per heavy atom. The molecular formula is C12H21N5. The van der Waals surface area contributed by atoms with Gasteiger partial charge >= 0.3 is 0 Å². The number of nitrogens with one attached hydrogen (secondary N) is 1. The molecule has 2 aliphatic heterocycles. The van der Waals surface area contributed by atoms with Crippen LogP contribution in [0.25, 0.3) is 0 Å². The predicted octanol–water partition coefficient (Wildman–Crippen LogP) is 0.408. The zero-order chi connectivity index (χ0) is 11.7. The van der Waals surface area contributed by atoms with Gasteiger partial charge in [0.2, 0.25) is 0 Å². The summed E-state index contributed by atoms with van der Waals surface area (Å²) in [6.45, 7) is 7.62. The zero-order valence-corrected chi connectivity index (χ0v) is 10.5. The van der Waals surface area contributed by atoms with Gasteiger partial charge in [0.25, 0.3) is 0 Å². The molecule has 1 saturated heterocycles. The summed E-state index contributed by atoms with van der Waals surface area (Å²) in [4.78, 5) is 2.50. The molecule has 3 rings (SSSR count). The number of hydrogen-bond acceptors (Lipinski definition) is 4. The summed E-state index contributed by atoms with van der Waals surface area (Å²) in [6.07, 6.45) is 3.64. The summed E-state index contributed by atoms with van der Waals surface area (Å²) >= 11 is 0. The first kappa shape index (κ1) is 11.2. The van der Waals surface area contributed by atoms with Crippen molar-refractivity contribution in [2.75, 3.05) is 19.6 Å². The van der Waals surface area contributed by atoms with Gasteiger partial charge in [-0.1, -0.05) is 6.92 Å². The molecular weight excluding hydrogens is 214 g/mol. The summed E-state index contributed by atoms with van der Waals surface area (Å²) in [5.41, 5.74) is 0. The normalized spacial score (nSPS) is 20.4. The van der Waals surface area contributed by atoms with E-state index in [0.29, 0.717) is 6.04 Å². The van der Waals surface area contributed by atoms with Gasteiger partial charge in [-0.3, -0.25) is 4.90 Å². The molecule has 0 aliphatic carbocycles. The van der Waals surface area contributed by atoms with E-state index in [1.807, 2.05) is 0 Å². The first-order valence-corrected chi connectivity index (χ1v) is 6.74. The maximum Gasteiger partial charge on any atom is 0.147 e. The Labute approximate surface area is 102 Å². The SMILES string of the molecule is CCN(Cc1nnc2n1CCCC2)C1CNC1. The van der Waals surface area contributed by atoms with Crippen LogP contribution in [0.2, 0.25) is 0 Å². The monoisotopic (exact) mass is 235 g/mol. The van der Waals surface area contributed by atoms with Crippen LogP contribution in [0.4, 0.5) is 0 Å². The third-order valence-corrected chi connectivity index (χ3v) is 3.96. The molecule has 1 N–H and O–H groups in total. The molecule has 1 aromatic rings. The standard InChI is InChI=1S/C12H21N5/c1-2-16(10-7-13-8-10)9-12-15-14-11-5-3-4-6-17(11)12/h10,13H,2-9H2,1H3. The molecule has 1 aromatic heterocycles. The number of nitrogens with zero attached hydrogens (tertiary/aromatic N) is 4.